The molecular formula is C18H32N2O3. The molecule has 3 aliphatic rings. The van der Waals surface area contributed by atoms with Crippen LogP contribution in [0.2, 0.25) is 0 Å². The average molecular weight is 324 g/mol. The van der Waals surface area contributed by atoms with Crippen LogP contribution in [-0.4, -0.2) is 61.9 Å². The number of carbonyl (C=O) groups is 1. The summed E-state index contributed by atoms with van der Waals surface area (Å²) in [4.78, 5) is 15.1. The van der Waals surface area contributed by atoms with Gasteiger partial charge >= 0.3 is 0 Å². The number of hydrogen-bond donors (Lipinski definition) is 1. The summed E-state index contributed by atoms with van der Waals surface area (Å²) < 4.78 is 10.9. The van der Waals surface area contributed by atoms with Crippen LogP contribution in [0.15, 0.2) is 0 Å². The Hall–Kier alpha value is -0.650. The molecule has 0 radical (unpaired) electrons. The highest BCUT2D eigenvalue weighted by atomic mass is 16.5. The first-order valence-electron chi connectivity index (χ1n) is 9.40. The van der Waals surface area contributed by atoms with E-state index in [4.69, 9.17) is 9.47 Å². The summed E-state index contributed by atoms with van der Waals surface area (Å²) in [6, 6.07) is 0.218. The molecule has 1 saturated carbocycles. The van der Waals surface area contributed by atoms with Crippen LogP contribution in [0.4, 0.5) is 0 Å². The molecule has 3 rings (SSSR count). The number of nitrogens with zero attached hydrogens (tertiary/aromatic N) is 1. The van der Waals surface area contributed by atoms with Crippen molar-refractivity contribution >= 4 is 5.91 Å². The molecule has 132 valence electrons. The van der Waals surface area contributed by atoms with E-state index in [0.717, 1.165) is 52.4 Å². The molecule has 0 spiro atoms. The monoisotopic (exact) mass is 324 g/mol. The Bertz CT molecular complexity index is 384. The second-order valence-corrected chi connectivity index (χ2v) is 7.46. The van der Waals surface area contributed by atoms with Crippen LogP contribution in [0.3, 0.4) is 0 Å². The Morgan fingerprint density at radius 1 is 1.13 bits per heavy atom. The van der Waals surface area contributed by atoms with Crippen molar-refractivity contribution < 1.29 is 14.3 Å². The number of hydrogen-bond acceptors (Lipinski definition) is 4. The molecule has 0 bridgehead atoms. The number of amides is 1. The number of nitrogens with one attached hydrogen (secondary N) is 1. The van der Waals surface area contributed by atoms with Crippen LogP contribution >= 0.6 is 0 Å². The zero-order chi connectivity index (χ0) is 16.1. The Morgan fingerprint density at radius 2 is 1.74 bits per heavy atom. The summed E-state index contributed by atoms with van der Waals surface area (Å²) in [5, 5.41) is 3.35. The first-order valence-corrected chi connectivity index (χ1v) is 9.40. The van der Waals surface area contributed by atoms with Crippen LogP contribution in [0.5, 0.6) is 0 Å². The molecular weight excluding hydrogens is 292 g/mol. The topological polar surface area (TPSA) is 50.8 Å². The molecule has 5 nitrogen and oxygen atoms in total. The van der Waals surface area contributed by atoms with Crippen molar-refractivity contribution in [2.45, 2.75) is 63.5 Å². The van der Waals surface area contributed by atoms with Gasteiger partial charge in [-0.25, -0.2) is 0 Å². The Morgan fingerprint density at radius 3 is 2.39 bits per heavy atom. The normalized spacial score (nSPS) is 27.7. The van der Waals surface area contributed by atoms with Gasteiger partial charge in [0.2, 0.25) is 5.91 Å². The molecule has 2 saturated heterocycles. The van der Waals surface area contributed by atoms with E-state index >= 15 is 0 Å². The van der Waals surface area contributed by atoms with Crippen LogP contribution in [0.1, 0.15) is 51.9 Å². The zero-order valence-electron chi connectivity index (χ0n) is 14.5. The van der Waals surface area contributed by atoms with Crippen molar-refractivity contribution in [3.63, 3.8) is 0 Å². The third kappa shape index (κ3) is 4.06. The van der Waals surface area contributed by atoms with Gasteiger partial charge in [0.25, 0.3) is 0 Å². The maximum atomic E-state index is 12.5. The summed E-state index contributed by atoms with van der Waals surface area (Å²) in [5.74, 6) is 0.725. The highest BCUT2D eigenvalue weighted by Gasteiger charge is 2.45. The number of morpholine rings is 1. The van der Waals surface area contributed by atoms with E-state index in [-0.39, 0.29) is 17.5 Å². The minimum absolute atomic E-state index is 0.148. The molecule has 0 aromatic carbocycles. The van der Waals surface area contributed by atoms with Crippen LogP contribution in [-0.2, 0) is 14.3 Å². The molecule has 1 amide bonds. The van der Waals surface area contributed by atoms with Crippen molar-refractivity contribution in [1.29, 1.82) is 0 Å². The van der Waals surface area contributed by atoms with Crippen LogP contribution < -0.4 is 5.32 Å². The molecule has 0 aromatic rings. The Labute approximate surface area is 140 Å². The second-order valence-electron chi connectivity index (χ2n) is 7.46. The van der Waals surface area contributed by atoms with Crippen LogP contribution in [0.25, 0.3) is 0 Å². The fourth-order valence-corrected chi connectivity index (χ4v) is 4.67. The summed E-state index contributed by atoms with van der Waals surface area (Å²) in [6.45, 7) is 7.48. The third-order valence-electron chi connectivity index (χ3n) is 6.11. The molecule has 1 N–H and O–H groups in total. The van der Waals surface area contributed by atoms with Crippen molar-refractivity contribution in [3.05, 3.63) is 0 Å². The molecule has 1 unspecified atom stereocenters. The first-order chi connectivity index (χ1) is 11.2. The smallest absolute Gasteiger partial charge is 0.220 e. The van der Waals surface area contributed by atoms with Gasteiger partial charge in [-0.1, -0.05) is 12.8 Å². The van der Waals surface area contributed by atoms with Gasteiger partial charge in [0.1, 0.15) is 0 Å². The van der Waals surface area contributed by atoms with E-state index in [2.05, 4.69) is 17.1 Å². The number of rotatable bonds is 5. The zero-order valence-corrected chi connectivity index (χ0v) is 14.5. The predicted molar refractivity (Wildman–Crippen MR) is 89.4 cm³/mol. The van der Waals surface area contributed by atoms with E-state index in [1.54, 1.807) is 0 Å². The fraction of sp³-hybridized carbons (Fsp3) is 0.944. The quantitative estimate of drug-likeness (QED) is 0.840. The molecule has 1 aliphatic carbocycles. The van der Waals surface area contributed by atoms with Crippen molar-refractivity contribution in [3.8, 4) is 0 Å². The summed E-state index contributed by atoms with van der Waals surface area (Å²) in [7, 11) is 0. The summed E-state index contributed by atoms with van der Waals surface area (Å²) in [6.07, 6.45) is 7.66. The molecule has 1 atom stereocenters. The van der Waals surface area contributed by atoms with E-state index in [1.807, 2.05) is 0 Å². The minimum Gasteiger partial charge on any atom is -0.381 e. The van der Waals surface area contributed by atoms with Gasteiger partial charge < -0.3 is 14.8 Å². The lowest BCUT2D eigenvalue weighted by molar-refractivity contribution is -0.125. The van der Waals surface area contributed by atoms with Crippen LogP contribution in [0, 0.1) is 5.92 Å². The van der Waals surface area contributed by atoms with Gasteiger partial charge in [-0.15, -0.1) is 0 Å². The second kappa shape index (κ2) is 7.95. The van der Waals surface area contributed by atoms with E-state index < -0.39 is 0 Å². The van der Waals surface area contributed by atoms with E-state index in [0.29, 0.717) is 12.3 Å². The Balaban J connectivity index is 1.57. The average Bonchev–Trinajstić information content (AvgIpc) is 3.07. The molecule has 23 heavy (non-hydrogen) atoms. The van der Waals surface area contributed by atoms with E-state index in [9.17, 15) is 4.79 Å². The lowest BCUT2D eigenvalue weighted by Crippen LogP contribution is -2.62. The molecule has 5 heteroatoms. The predicted octanol–water partition coefficient (Wildman–Crippen LogP) is 1.95. The van der Waals surface area contributed by atoms with Crippen molar-refractivity contribution in [2.75, 3.05) is 39.5 Å². The summed E-state index contributed by atoms with van der Waals surface area (Å²) >= 11 is 0. The van der Waals surface area contributed by atoms with Gasteiger partial charge in [-0.2, -0.15) is 0 Å². The highest BCUT2D eigenvalue weighted by Crippen LogP contribution is 2.38. The molecule has 2 aliphatic heterocycles. The molecule has 3 fully saturated rings. The van der Waals surface area contributed by atoms with E-state index in [1.165, 1.54) is 25.7 Å². The largest absolute Gasteiger partial charge is 0.381 e. The van der Waals surface area contributed by atoms with Gasteiger partial charge in [-0.3, -0.25) is 9.69 Å². The Kier molecular flexibility index (Phi) is 5.94. The van der Waals surface area contributed by atoms with Gasteiger partial charge in [0.15, 0.2) is 0 Å². The van der Waals surface area contributed by atoms with Crippen molar-refractivity contribution in [1.82, 2.24) is 10.2 Å². The maximum absolute atomic E-state index is 12.5. The number of carbonyl (C=O) groups excluding carboxylic acids is 1. The van der Waals surface area contributed by atoms with Gasteiger partial charge in [0, 0.05) is 44.3 Å². The lowest BCUT2D eigenvalue weighted by Gasteiger charge is -2.47. The lowest BCUT2D eigenvalue weighted by atomic mass is 9.86. The SMILES string of the molecule is CC(NC(=O)CC1CCOCC1)C1(N2CCOCC2)CCCC1. The van der Waals surface area contributed by atoms with Gasteiger partial charge in [0.05, 0.1) is 13.2 Å². The summed E-state index contributed by atoms with van der Waals surface area (Å²) in [5.41, 5.74) is 0.148. The first kappa shape index (κ1) is 17.2. The highest BCUT2D eigenvalue weighted by molar-refractivity contribution is 5.76. The number of ether oxygens (including phenoxy) is 2. The molecule has 2 heterocycles. The van der Waals surface area contributed by atoms with Gasteiger partial charge in [-0.05, 0) is 38.5 Å². The minimum atomic E-state index is 0.148. The standard InChI is InChI=1S/C18H32N2O3/c1-15(19-17(21)14-16-4-10-22-11-5-16)18(6-2-3-7-18)20-8-12-23-13-9-20/h15-16H,2-14H2,1H3,(H,19,21). The van der Waals surface area contributed by atoms with Crippen molar-refractivity contribution in [2.24, 2.45) is 5.92 Å². The fourth-order valence-electron chi connectivity index (χ4n) is 4.67. The third-order valence-corrected chi connectivity index (χ3v) is 6.11. The maximum Gasteiger partial charge on any atom is 0.220 e. The molecule has 0 aromatic heterocycles.